The number of ether oxygens (including phenoxy) is 2. The minimum atomic E-state index is -0.174. The van der Waals surface area contributed by atoms with Crippen molar-refractivity contribution >= 4 is 5.97 Å². The third-order valence-corrected chi connectivity index (χ3v) is 1.91. The third kappa shape index (κ3) is 5.17. The van der Waals surface area contributed by atoms with Crippen molar-refractivity contribution in [1.29, 1.82) is 0 Å². The molecule has 0 fully saturated rings. The van der Waals surface area contributed by atoms with Crippen molar-refractivity contribution in [2.24, 2.45) is 0 Å². The van der Waals surface area contributed by atoms with Crippen molar-refractivity contribution in [1.82, 2.24) is 9.55 Å². The standard InChI is InChI=1S/C10H16N2O3/c1-14-7-8-15-10(13)3-2-5-12-6-4-11-9-12/h4,6,9H,2-3,5,7-8H2,1H3. The van der Waals surface area contributed by atoms with Crippen molar-refractivity contribution in [2.45, 2.75) is 19.4 Å². The molecule has 1 rings (SSSR count). The molecule has 84 valence electrons. The Bertz CT molecular complexity index is 272. The van der Waals surface area contributed by atoms with Crippen molar-refractivity contribution in [3.63, 3.8) is 0 Å². The molecule has 5 nitrogen and oxygen atoms in total. The van der Waals surface area contributed by atoms with Crippen LogP contribution >= 0.6 is 0 Å². The zero-order valence-electron chi connectivity index (χ0n) is 8.89. The Hall–Kier alpha value is -1.36. The smallest absolute Gasteiger partial charge is 0.305 e. The molecule has 0 aliphatic heterocycles. The largest absolute Gasteiger partial charge is 0.463 e. The molecular weight excluding hydrogens is 196 g/mol. The maximum Gasteiger partial charge on any atom is 0.305 e. The number of nitrogens with zero attached hydrogens (tertiary/aromatic N) is 2. The number of carbonyl (C=O) groups is 1. The zero-order valence-corrected chi connectivity index (χ0v) is 8.89. The van der Waals surface area contributed by atoms with Gasteiger partial charge in [-0.1, -0.05) is 0 Å². The van der Waals surface area contributed by atoms with Crippen molar-refractivity contribution in [2.75, 3.05) is 20.3 Å². The van der Waals surface area contributed by atoms with E-state index in [1.807, 2.05) is 10.8 Å². The van der Waals surface area contributed by atoms with E-state index in [2.05, 4.69) is 4.98 Å². The first-order valence-electron chi connectivity index (χ1n) is 4.93. The number of hydrogen-bond donors (Lipinski definition) is 0. The van der Waals surface area contributed by atoms with E-state index < -0.39 is 0 Å². The van der Waals surface area contributed by atoms with Gasteiger partial charge in [0.2, 0.25) is 0 Å². The summed E-state index contributed by atoms with van der Waals surface area (Å²) >= 11 is 0. The molecule has 0 atom stereocenters. The summed E-state index contributed by atoms with van der Waals surface area (Å²) in [6.07, 6.45) is 6.52. The number of esters is 1. The summed E-state index contributed by atoms with van der Waals surface area (Å²) in [7, 11) is 1.58. The zero-order chi connectivity index (χ0) is 10.9. The van der Waals surface area contributed by atoms with Crippen LogP contribution in [-0.4, -0.2) is 35.8 Å². The molecule has 0 aliphatic rings. The van der Waals surface area contributed by atoms with Gasteiger partial charge in [0.1, 0.15) is 6.61 Å². The second-order valence-corrected chi connectivity index (χ2v) is 3.12. The highest BCUT2D eigenvalue weighted by Gasteiger charge is 2.01. The van der Waals surface area contributed by atoms with Crippen LogP contribution in [0.4, 0.5) is 0 Å². The molecule has 0 aromatic carbocycles. The van der Waals surface area contributed by atoms with Gasteiger partial charge in [-0.05, 0) is 6.42 Å². The highest BCUT2D eigenvalue weighted by Crippen LogP contribution is 1.97. The van der Waals surface area contributed by atoms with Gasteiger partial charge in [-0.15, -0.1) is 0 Å². The lowest BCUT2D eigenvalue weighted by molar-refractivity contribution is -0.145. The number of aryl methyl sites for hydroxylation is 1. The van der Waals surface area contributed by atoms with Crippen LogP contribution in [-0.2, 0) is 20.8 Å². The number of aromatic nitrogens is 2. The van der Waals surface area contributed by atoms with Gasteiger partial charge in [0.25, 0.3) is 0 Å². The number of methoxy groups -OCH3 is 1. The van der Waals surface area contributed by atoms with Gasteiger partial charge in [-0.25, -0.2) is 4.98 Å². The fourth-order valence-corrected chi connectivity index (χ4v) is 1.14. The van der Waals surface area contributed by atoms with Gasteiger partial charge in [0.05, 0.1) is 12.9 Å². The minimum absolute atomic E-state index is 0.174. The lowest BCUT2D eigenvalue weighted by atomic mass is 10.3. The molecule has 0 bridgehead atoms. The molecule has 0 saturated carbocycles. The first kappa shape index (κ1) is 11.7. The Kier molecular flexibility index (Phi) is 5.47. The van der Waals surface area contributed by atoms with Gasteiger partial charge in [-0.2, -0.15) is 0 Å². The molecule has 0 unspecified atom stereocenters. The number of rotatable bonds is 7. The van der Waals surface area contributed by atoms with E-state index >= 15 is 0 Å². The fourth-order valence-electron chi connectivity index (χ4n) is 1.14. The predicted octanol–water partition coefficient (Wildman–Crippen LogP) is 0.853. The molecule has 0 aliphatic carbocycles. The summed E-state index contributed by atoms with van der Waals surface area (Å²) in [5, 5.41) is 0. The normalized spacial score (nSPS) is 10.2. The van der Waals surface area contributed by atoms with E-state index in [0.717, 1.165) is 13.0 Å². The summed E-state index contributed by atoms with van der Waals surface area (Å²) in [6, 6.07) is 0. The highest BCUT2D eigenvalue weighted by atomic mass is 16.6. The molecule has 0 N–H and O–H groups in total. The Balaban J connectivity index is 2.02. The first-order chi connectivity index (χ1) is 7.33. The van der Waals surface area contributed by atoms with Crippen molar-refractivity contribution in [3.8, 4) is 0 Å². The Morgan fingerprint density at radius 3 is 3.00 bits per heavy atom. The SMILES string of the molecule is COCCOC(=O)CCCn1ccnc1. The number of carbonyl (C=O) groups excluding carboxylic acids is 1. The number of imidazole rings is 1. The molecule has 5 heteroatoms. The van der Waals surface area contributed by atoms with Crippen LogP contribution < -0.4 is 0 Å². The molecule has 1 heterocycles. The summed E-state index contributed by atoms with van der Waals surface area (Å²) in [6.45, 7) is 1.58. The van der Waals surface area contributed by atoms with E-state index in [0.29, 0.717) is 19.6 Å². The Morgan fingerprint density at radius 1 is 1.47 bits per heavy atom. The van der Waals surface area contributed by atoms with Crippen molar-refractivity contribution in [3.05, 3.63) is 18.7 Å². The molecule has 0 saturated heterocycles. The van der Waals surface area contributed by atoms with E-state index in [-0.39, 0.29) is 5.97 Å². The topological polar surface area (TPSA) is 53.4 Å². The van der Waals surface area contributed by atoms with E-state index in [9.17, 15) is 4.79 Å². The molecule has 0 amide bonds. The Labute approximate surface area is 89.0 Å². The van der Waals surface area contributed by atoms with E-state index in [4.69, 9.17) is 9.47 Å². The van der Waals surface area contributed by atoms with Crippen LogP contribution in [0.2, 0.25) is 0 Å². The monoisotopic (exact) mass is 212 g/mol. The average Bonchev–Trinajstić information content (AvgIpc) is 2.71. The van der Waals surface area contributed by atoms with Crippen molar-refractivity contribution < 1.29 is 14.3 Å². The number of hydrogen-bond acceptors (Lipinski definition) is 4. The van der Waals surface area contributed by atoms with Gasteiger partial charge in [0.15, 0.2) is 0 Å². The van der Waals surface area contributed by atoms with E-state index in [1.165, 1.54) is 0 Å². The van der Waals surface area contributed by atoms with Crippen LogP contribution in [0, 0.1) is 0 Å². The third-order valence-electron chi connectivity index (χ3n) is 1.91. The van der Waals surface area contributed by atoms with Gasteiger partial charge < -0.3 is 14.0 Å². The van der Waals surface area contributed by atoms with E-state index in [1.54, 1.807) is 19.6 Å². The average molecular weight is 212 g/mol. The first-order valence-corrected chi connectivity index (χ1v) is 4.93. The summed E-state index contributed by atoms with van der Waals surface area (Å²) in [5.41, 5.74) is 0. The highest BCUT2D eigenvalue weighted by molar-refractivity contribution is 5.69. The lowest BCUT2D eigenvalue weighted by Gasteiger charge is -2.04. The molecule has 15 heavy (non-hydrogen) atoms. The van der Waals surface area contributed by atoms with Crippen LogP contribution in [0.1, 0.15) is 12.8 Å². The molecule has 1 aromatic rings. The maximum atomic E-state index is 11.1. The maximum absolute atomic E-state index is 11.1. The second kappa shape index (κ2) is 7.00. The molecule has 0 spiro atoms. The molecular formula is C10H16N2O3. The van der Waals surface area contributed by atoms with Gasteiger partial charge in [0, 0.05) is 32.5 Å². The van der Waals surface area contributed by atoms with Gasteiger partial charge >= 0.3 is 5.97 Å². The van der Waals surface area contributed by atoms with Crippen LogP contribution in [0.15, 0.2) is 18.7 Å². The summed E-state index contributed by atoms with van der Waals surface area (Å²) < 4.78 is 11.6. The lowest BCUT2D eigenvalue weighted by Crippen LogP contribution is -2.10. The Morgan fingerprint density at radius 2 is 2.33 bits per heavy atom. The van der Waals surface area contributed by atoms with Crippen LogP contribution in [0.5, 0.6) is 0 Å². The quantitative estimate of drug-likeness (QED) is 0.496. The second-order valence-electron chi connectivity index (χ2n) is 3.12. The van der Waals surface area contributed by atoms with Crippen LogP contribution in [0.3, 0.4) is 0 Å². The fraction of sp³-hybridized carbons (Fsp3) is 0.600. The minimum Gasteiger partial charge on any atom is -0.463 e. The predicted molar refractivity (Wildman–Crippen MR) is 54.3 cm³/mol. The molecule has 0 radical (unpaired) electrons. The summed E-state index contributed by atoms with van der Waals surface area (Å²) in [5.74, 6) is -0.174. The molecule has 1 aromatic heterocycles. The van der Waals surface area contributed by atoms with Gasteiger partial charge in [-0.3, -0.25) is 4.79 Å². The summed E-state index contributed by atoms with van der Waals surface area (Å²) in [4.78, 5) is 15.1. The van der Waals surface area contributed by atoms with Crippen LogP contribution in [0.25, 0.3) is 0 Å².